The molecule has 2 rings (SSSR count). The van der Waals surface area contributed by atoms with Crippen LogP contribution in [0.4, 0.5) is 5.69 Å². The van der Waals surface area contributed by atoms with Crippen LogP contribution >= 0.6 is 46.6 Å². The van der Waals surface area contributed by atoms with E-state index in [0.29, 0.717) is 26.5 Å². The van der Waals surface area contributed by atoms with E-state index in [0.717, 1.165) is 10.5 Å². The Balaban J connectivity index is 2.14. The number of nitrogens with two attached hydrogens (primary N) is 1. The maximum atomic E-state index is 6.11. The minimum absolute atomic E-state index is 0.550. The molecule has 0 radical (unpaired) electrons. The molecular formula is C13H10Cl3NS. The van der Waals surface area contributed by atoms with E-state index in [-0.39, 0.29) is 0 Å². The van der Waals surface area contributed by atoms with E-state index >= 15 is 0 Å². The number of anilines is 1. The molecule has 0 aliphatic carbocycles. The number of rotatable bonds is 3. The Morgan fingerprint density at radius 2 is 1.72 bits per heavy atom. The molecule has 0 saturated carbocycles. The van der Waals surface area contributed by atoms with Crippen molar-refractivity contribution in [1.82, 2.24) is 0 Å². The van der Waals surface area contributed by atoms with Crippen LogP contribution in [0.25, 0.3) is 0 Å². The summed E-state index contributed by atoms with van der Waals surface area (Å²) in [5.41, 5.74) is 7.54. The van der Waals surface area contributed by atoms with E-state index in [1.807, 2.05) is 30.3 Å². The highest BCUT2D eigenvalue weighted by Crippen LogP contribution is 2.33. The van der Waals surface area contributed by atoms with E-state index in [9.17, 15) is 0 Å². The maximum absolute atomic E-state index is 6.11. The third kappa shape index (κ3) is 3.27. The second-order valence-corrected chi connectivity index (χ2v) is 5.94. The van der Waals surface area contributed by atoms with Crippen molar-refractivity contribution in [3.8, 4) is 0 Å². The van der Waals surface area contributed by atoms with Gasteiger partial charge in [-0.15, -0.1) is 11.8 Å². The van der Waals surface area contributed by atoms with Crippen molar-refractivity contribution in [2.45, 2.75) is 10.6 Å². The highest BCUT2D eigenvalue weighted by Gasteiger charge is 2.06. The number of benzene rings is 2. The van der Waals surface area contributed by atoms with Crippen molar-refractivity contribution in [2.24, 2.45) is 0 Å². The van der Waals surface area contributed by atoms with Gasteiger partial charge in [-0.25, -0.2) is 0 Å². The quantitative estimate of drug-likeness (QED) is 0.595. The molecule has 0 fully saturated rings. The van der Waals surface area contributed by atoms with Crippen LogP contribution in [-0.2, 0) is 5.75 Å². The first-order valence-electron chi connectivity index (χ1n) is 5.18. The van der Waals surface area contributed by atoms with E-state index < -0.39 is 0 Å². The molecule has 0 amide bonds. The van der Waals surface area contributed by atoms with Gasteiger partial charge in [0.2, 0.25) is 0 Å². The number of hydrogen-bond acceptors (Lipinski definition) is 2. The summed E-state index contributed by atoms with van der Waals surface area (Å²) in [5.74, 6) is 0.698. The molecule has 5 heteroatoms. The molecule has 0 saturated heterocycles. The van der Waals surface area contributed by atoms with Crippen LogP contribution in [0, 0.1) is 0 Å². The molecule has 94 valence electrons. The molecule has 0 aliphatic rings. The topological polar surface area (TPSA) is 26.0 Å². The number of nitrogen functional groups attached to an aromatic ring is 1. The molecule has 0 unspecified atom stereocenters. The Hall–Kier alpha value is -0.540. The predicted molar refractivity (Wildman–Crippen MR) is 81.9 cm³/mol. The Morgan fingerprint density at radius 3 is 2.39 bits per heavy atom. The van der Waals surface area contributed by atoms with Crippen LogP contribution in [0.5, 0.6) is 0 Å². The second kappa shape index (κ2) is 6.07. The fraction of sp³-hybridized carbons (Fsp3) is 0.0769. The van der Waals surface area contributed by atoms with Crippen molar-refractivity contribution in [2.75, 3.05) is 5.73 Å². The average molecular weight is 319 g/mol. The lowest BCUT2D eigenvalue weighted by Gasteiger charge is -2.08. The summed E-state index contributed by atoms with van der Waals surface area (Å²) in [7, 11) is 0. The molecule has 0 heterocycles. The lowest BCUT2D eigenvalue weighted by Crippen LogP contribution is -1.93. The average Bonchev–Trinajstić information content (AvgIpc) is 2.33. The summed E-state index contributed by atoms with van der Waals surface area (Å²) >= 11 is 19.6. The first-order valence-corrected chi connectivity index (χ1v) is 7.30. The van der Waals surface area contributed by atoms with Gasteiger partial charge in [-0.3, -0.25) is 0 Å². The Kier molecular flexibility index (Phi) is 4.68. The molecule has 2 N–H and O–H groups in total. The van der Waals surface area contributed by atoms with Crippen LogP contribution in [-0.4, -0.2) is 0 Å². The Labute approximate surface area is 125 Å². The van der Waals surface area contributed by atoms with Crippen LogP contribution < -0.4 is 5.73 Å². The zero-order chi connectivity index (χ0) is 13.1. The normalized spacial score (nSPS) is 10.6. The Bertz CT molecular complexity index is 552. The zero-order valence-electron chi connectivity index (χ0n) is 9.29. The highest BCUT2D eigenvalue weighted by atomic mass is 35.5. The van der Waals surface area contributed by atoms with Crippen LogP contribution in [0.2, 0.25) is 15.1 Å². The standard InChI is InChI=1S/C13H10Cl3NS/c14-10-2-1-3-13(17)9(10)7-18-8-4-5-11(15)12(16)6-8/h1-6H,7,17H2. The first kappa shape index (κ1) is 13.9. The van der Waals surface area contributed by atoms with Crippen LogP contribution in [0.15, 0.2) is 41.3 Å². The molecule has 0 atom stereocenters. The highest BCUT2D eigenvalue weighted by molar-refractivity contribution is 7.98. The fourth-order valence-corrected chi connectivity index (χ4v) is 3.14. The number of thioether (sulfide) groups is 1. The van der Waals surface area contributed by atoms with Crippen LogP contribution in [0.3, 0.4) is 0 Å². The summed E-state index contributed by atoms with van der Waals surface area (Å²) in [6.45, 7) is 0. The van der Waals surface area contributed by atoms with Gasteiger partial charge in [0.1, 0.15) is 0 Å². The van der Waals surface area contributed by atoms with Gasteiger partial charge in [0.05, 0.1) is 10.0 Å². The van der Waals surface area contributed by atoms with Crippen molar-refractivity contribution < 1.29 is 0 Å². The third-order valence-electron chi connectivity index (χ3n) is 2.43. The van der Waals surface area contributed by atoms with Crippen molar-refractivity contribution in [1.29, 1.82) is 0 Å². The molecule has 2 aromatic rings. The number of halogens is 3. The summed E-state index contributed by atoms with van der Waals surface area (Å²) in [4.78, 5) is 1.03. The van der Waals surface area contributed by atoms with Gasteiger partial charge < -0.3 is 5.73 Å². The van der Waals surface area contributed by atoms with Crippen molar-refractivity contribution in [3.05, 3.63) is 57.0 Å². The monoisotopic (exact) mass is 317 g/mol. The predicted octanol–water partition coefficient (Wildman–Crippen LogP) is 5.52. The summed E-state index contributed by atoms with van der Waals surface area (Å²) in [6.07, 6.45) is 0. The first-order chi connectivity index (χ1) is 8.58. The SMILES string of the molecule is Nc1cccc(Cl)c1CSc1ccc(Cl)c(Cl)c1. The fourth-order valence-electron chi connectivity index (χ4n) is 1.45. The zero-order valence-corrected chi connectivity index (χ0v) is 12.4. The molecule has 0 bridgehead atoms. The molecule has 0 aliphatic heterocycles. The van der Waals surface area contributed by atoms with Gasteiger partial charge >= 0.3 is 0 Å². The van der Waals surface area contributed by atoms with Crippen LogP contribution in [0.1, 0.15) is 5.56 Å². The van der Waals surface area contributed by atoms with Gasteiger partial charge in [0.15, 0.2) is 0 Å². The molecule has 1 nitrogen and oxygen atoms in total. The third-order valence-corrected chi connectivity index (χ3v) is 4.54. The van der Waals surface area contributed by atoms with E-state index in [1.54, 1.807) is 17.8 Å². The van der Waals surface area contributed by atoms with Gasteiger partial charge in [-0.1, -0.05) is 40.9 Å². The smallest absolute Gasteiger partial charge is 0.0603 e. The summed E-state index contributed by atoms with van der Waals surface area (Å²) in [5, 5.41) is 1.79. The molecule has 0 spiro atoms. The maximum Gasteiger partial charge on any atom is 0.0603 e. The summed E-state index contributed by atoms with van der Waals surface area (Å²) < 4.78 is 0. The van der Waals surface area contributed by atoms with E-state index in [4.69, 9.17) is 40.5 Å². The molecule has 2 aromatic carbocycles. The lowest BCUT2D eigenvalue weighted by atomic mass is 10.2. The molecule has 18 heavy (non-hydrogen) atoms. The van der Waals surface area contributed by atoms with Gasteiger partial charge in [-0.2, -0.15) is 0 Å². The minimum Gasteiger partial charge on any atom is -0.398 e. The second-order valence-electron chi connectivity index (χ2n) is 3.67. The molecular weight excluding hydrogens is 309 g/mol. The number of hydrogen-bond donors (Lipinski definition) is 1. The Morgan fingerprint density at radius 1 is 0.944 bits per heavy atom. The van der Waals surface area contributed by atoms with Crippen molar-refractivity contribution >= 4 is 52.3 Å². The summed E-state index contributed by atoms with van der Waals surface area (Å²) in [6, 6.07) is 11.1. The lowest BCUT2D eigenvalue weighted by molar-refractivity contribution is 1.38. The minimum atomic E-state index is 0.550. The van der Waals surface area contributed by atoms with Gasteiger partial charge in [0, 0.05) is 26.9 Å². The largest absolute Gasteiger partial charge is 0.398 e. The molecule has 0 aromatic heterocycles. The van der Waals surface area contributed by atoms with E-state index in [1.165, 1.54) is 0 Å². The van der Waals surface area contributed by atoms with Crippen molar-refractivity contribution in [3.63, 3.8) is 0 Å². The van der Waals surface area contributed by atoms with Gasteiger partial charge in [0.25, 0.3) is 0 Å². The van der Waals surface area contributed by atoms with Gasteiger partial charge in [-0.05, 0) is 30.3 Å². The van der Waals surface area contributed by atoms with E-state index in [2.05, 4.69) is 0 Å².